The molecule has 2 fully saturated rings. The largest absolute Gasteiger partial charge is 0.454 e. The van der Waals surface area contributed by atoms with Gasteiger partial charge in [0.25, 0.3) is 0 Å². The Morgan fingerprint density at radius 1 is 1.16 bits per heavy atom. The number of fused-ring (bicyclic) bond motifs is 1. The van der Waals surface area contributed by atoms with Gasteiger partial charge in [0, 0.05) is 32.1 Å². The number of hydrogen-bond acceptors (Lipinski definition) is 6. The number of benzene rings is 1. The fraction of sp³-hybridized carbons (Fsp3) is 0.611. The maximum atomic E-state index is 12.5. The number of rotatable bonds is 3. The third kappa shape index (κ3) is 3.58. The number of aliphatic hydroxyl groups is 1. The van der Waals surface area contributed by atoms with Gasteiger partial charge in [-0.1, -0.05) is 6.07 Å². The maximum absolute atomic E-state index is 12.5. The van der Waals surface area contributed by atoms with E-state index in [0.29, 0.717) is 32.8 Å². The van der Waals surface area contributed by atoms with Gasteiger partial charge in [-0.05, 0) is 24.1 Å². The number of carbonyl (C=O) groups is 1. The van der Waals surface area contributed by atoms with Crippen LogP contribution in [0.4, 0.5) is 0 Å². The Kier molecular flexibility index (Phi) is 4.78. The van der Waals surface area contributed by atoms with E-state index in [1.807, 2.05) is 18.2 Å². The van der Waals surface area contributed by atoms with E-state index in [9.17, 15) is 9.90 Å². The minimum absolute atomic E-state index is 0.0157. The van der Waals surface area contributed by atoms with Crippen molar-refractivity contribution in [3.8, 4) is 11.5 Å². The van der Waals surface area contributed by atoms with Gasteiger partial charge in [0.15, 0.2) is 11.5 Å². The Morgan fingerprint density at radius 2 is 1.96 bits per heavy atom. The quantitative estimate of drug-likeness (QED) is 0.854. The summed E-state index contributed by atoms with van der Waals surface area (Å²) in [6.07, 6.45) is 0.179. The van der Waals surface area contributed by atoms with Crippen molar-refractivity contribution in [2.24, 2.45) is 0 Å². The topological polar surface area (TPSA) is 71.5 Å². The van der Waals surface area contributed by atoms with Gasteiger partial charge in [-0.2, -0.15) is 0 Å². The van der Waals surface area contributed by atoms with Crippen LogP contribution in [0.3, 0.4) is 0 Å². The lowest BCUT2D eigenvalue weighted by atomic mass is 9.87. The molecule has 0 saturated carbocycles. The summed E-state index contributed by atoms with van der Waals surface area (Å²) in [5.74, 6) is 1.58. The molecule has 0 unspecified atom stereocenters. The number of ether oxygens (including phenoxy) is 3. The number of morpholine rings is 1. The van der Waals surface area contributed by atoms with Crippen LogP contribution >= 0.6 is 0 Å². The van der Waals surface area contributed by atoms with Crippen LogP contribution in [-0.2, 0) is 9.53 Å². The van der Waals surface area contributed by atoms with E-state index in [-0.39, 0.29) is 18.6 Å². The van der Waals surface area contributed by atoms with Crippen LogP contribution in [0.5, 0.6) is 11.5 Å². The molecule has 3 aliphatic heterocycles. The van der Waals surface area contributed by atoms with E-state index in [1.165, 1.54) is 0 Å². The lowest BCUT2D eigenvalue weighted by Crippen LogP contribution is -2.50. The van der Waals surface area contributed by atoms with Crippen molar-refractivity contribution in [2.45, 2.75) is 18.4 Å². The lowest BCUT2D eigenvalue weighted by Gasteiger charge is -2.37. The third-order valence-corrected chi connectivity index (χ3v) is 5.22. The highest BCUT2D eigenvalue weighted by atomic mass is 16.7. The molecule has 7 nitrogen and oxygen atoms in total. The average Bonchev–Trinajstić information content (AvgIpc) is 3.10. The Balaban J connectivity index is 1.36. The van der Waals surface area contributed by atoms with E-state index in [4.69, 9.17) is 14.2 Å². The summed E-state index contributed by atoms with van der Waals surface area (Å²) < 4.78 is 16.1. The first-order chi connectivity index (χ1) is 12.2. The van der Waals surface area contributed by atoms with Crippen molar-refractivity contribution in [3.63, 3.8) is 0 Å². The van der Waals surface area contributed by atoms with Crippen LogP contribution in [0.1, 0.15) is 17.9 Å². The number of aliphatic hydroxyl groups excluding tert-OH is 1. The van der Waals surface area contributed by atoms with E-state index in [2.05, 4.69) is 4.90 Å². The predicted molar refractivity (Wildman–Crippen MR) is 89.8 cm³/mol. The molecule has 1 aromatic rings. The Labute approximate surface area is 147 Å². The van der Waals surface area contributed by atoms with E-state index in [0.717, 1.165) is 36.6 Å². The summed E-state index contributed by atoms with van der Waals surface area (Å²) in [6.45, 7) is 4.65. The van der Waals surface area contributed by atoms with Gasteiger partial charge in [-0.25, -0.2) is 0 Å². The molecule has 1 aromatic carbocycles. The van der Waals surface area contributed by atoms with Crippen molar-refractivity contribution in [1.82, 2.24) is 9.80 Å². The molecule has 0 aliphatic carbocycles. The molecule has 3 heterocycles. The first kappa shape index (κ1) is 16.6. The van der Waals surface area contributed by atoms with Gasteiger partial charge >= 0.3 is 0 Å². The third-order valence-electron chi connectivity index (χ3n) is 5.22. The molecule has 0 spiro atoms. The van der Waals surface area contributed by atoms with Gasteiger partial charge in [-0.15, -0.1) is 0 Å². The van der Waals surface area contributed by atoms with Crippen molar-refractivity contribution >= 4 is 5.91 Å². The van der Waals surface area contributed by atoms with E-state index in [1.54, 1.807) is 4.90 Å². The molecule has 2 atom stereocenters. The smallest absolute Gasteiger partial charge is 0.236 e. The fourth-order valence-corrected chi connectivity index (χ4v) is 3.74. The molecule has 25 heavy (non-hydrogen) atoms. The molecule has 2 saturated heterocycles. The van der Waals surface area contributed by atoms with Crippen molar-refractivity contribution in [1.29, 1.82) is 0 Å². The number of amides is 1. The van der Waals surface area contributed by atoms with Crippen LogP contribution in [-0.4, -0.2) is 79.6 Å². The molecule has 0 aromatic heterocycles. The van der Waals surface area contributed by atoms with Crippen LogP contribution in [0.15, 0.2) is 18.2 Å². The summed E-state index contributed by atoms with van der Waals surface area (Å²) in [5, 5.41) is 10.6. The lowest BCUT2D eigenvalue weighted by molar-refractivity contribution is -0.136. The predicted octanol–water partition coefficient (Wildman–Crippen LogP) is 0.424. The monoisotopic (exact) mass is 348 g/mol. The summed E-state index contributed by atoms with van der Waals surface area (Å²) in [6, 6.07) is 5.81. The Hall–Kier alpha value is -1.83. The minimum atomic E-state index is -0.567. The molecular formula is C18H24N2O5. The van der Waals surface area contributed by atoms with Crippen LogP contribution < -0.4 is 9.47 Å². The SMILES string of the molecule is O=C(CN1CCOCC1)N1CC[C@@H](c2ccc3c(c2)OCO3)[C@H](O)C1. The van der Waals surface area contributed by atoms with Crippen molar-refractivity contribution in [3.05, 3.63) is 23.8 Å². The molecule has 0 bridgehead atoms. The zero-order valence-electron chi connectivity index (χ0n) is 14.2. The zero-order chi connectivity index (χ0) is 17.2. The normalized spacial score (nSPS) is 26.7. The summed E-state index contributed by atoms with van der Waals surface area (Å²) in [5.41, 5.74) is 1.04. The first-order valence-corrected chi connectivity index (χ1v) is 8.86. The van der Waals surface area contributed by atoms with Crippen LogP contribution in [0, 0.1) is 0 Å². The van der Waals surface area contributed by atoms with Crippen molar-refractivity contribution in [2.75, 3.05) is 52.7 Å². The fourth-order valence-electron chi connectivity index (χ4n) is 3.74. The Bertz CT molecular complexity index is 632. The highest BCUT2D eigenvalue weighted by Gasteiger charge is 2.32. The Morgan fingerprint density at radius 3 is 2.76 bits per heavy atom. The summed E-state index contributed by atoms with van der Waals surface area (Å²) in [4.78, 5) is 16.4. The number of piperidine rings is 1. The second-order valence-electron chi connectivity index (χ2n) is 6.80. The molecule has 136 valence electrons. The number of carbonyl (C=O) groups excluding carboxylic acids is 1. The van der Waals surface area contributed by atoms with Gasteiger partial charge in [0.2, 0.25) is 12.7 Å². The number of hydrogen-bond donors (Lipinski definition) is 1. The van der Waals surface area contributed by atoms with Crippen LogP contribution in [0.25, 0.3) is 0 Å². The second-order valence-corrected chi connectivity index (χ2v) is 6.80. The molecule has 7 heteroatoms. The molecule has 4 rings (SSSR count). The van der Waals surface area contributed by atoms with Crippen LogP contribution in [0.2, 0.25) is 0 Å². The summed E-state index contributed by atoms with van der Waals surface area (Å²) in [7, 11) is 0. The number of likely N-dealkylation sites (tertiary alicyclic amines) is 1. The van der Waals surface area contributed by atoms with E-state index < -0.39 is 6.10 Å². The van der Waals surface area contributed by atoms with E-state index >= 15 is 0 Å². The molecule has 0 radical (unpaired) electrons. The molecule has 1 N–H and O–H groups in total. The minimum Gasteiger partial charge on any atom is -0.454 e. The maximum Gasteiger partial charge on any atom is 0.236 e. The second kappa shape index (κ2) is 7.19. The van der Waals surface area contributed by atoms with Gasteiger partial charge in [0.05, 0.1) is 25.9 Å². The standard InChI is InChI=1S/C18H24N2O5/c21-15-10-20(18(22)11-19-5-7-23-8-6-19)4-3-14(15)13-1-2-16-17(9-13)25-12-24-16/h1-2,9,14-15,21H,3-8,10-12H2/t14-,15+/m0/s1. The highest BCUT2D eigenvalue weighted by Crippen LogP contribution is 2.37. The van der Waals surface area contributed by atoms with Gasteiger partial charge in [0.1, 0.15) is 0 Å². The summed E-state index contributed by atoms with van der Waals surface area (Å²) >= 11 is 0. The zero-order valence-corrected chi connectivity index (χ0v) is 14.2. The highest BCUT2D eigenvalue weighted by molar-refractivity contribution is 5.78. The van der Waals surface area contributed by atoms with Gasteiger partial charge < -0.3 is 24.2 Å². The molecular weight excluding hydrogens is 324 g/mol. The average molecular weight is 348 g/mol. The number of nitrogens with zero attached hydrogens (tertiary/aromatic N) is 2. The molecule has 3 aliphatic rings. The van der Waals surface area contributed by atoms with Crippen molar-refractivity contribution < 1.29 is 24.1 Å². The number of β-amino-alcohol motifs (C(OH)–C–C–N with tert-alkyl or cyclic N) is 1. The first-order valence-electron chi connectivity index (χ1n) is 8.86. The van der Waals surface area contributed by atoms with Gasteiger partial charge in [-0.3, -0.25) is 9.69 Å². The molecule has 1 amide bonds.